The summed E-state index contributed by atoms with van der Waals surface area (Å²) in [5, 5.41) is 23.1. The summed E-state index contributed by atoms with van der Waals surface area (Å²) in [6, 6.07) is 9.81. The van der Waals surface area contributed by atoms with Crippen molar-refractivity contribution in [3.05, 3.63) is 35.9 Å². The Morgan fingerprint density at radius 1 is 1.33 bits per heavy atom. The molecule has 2 rings (SSSR count). The minimum atomic E-state index is -0.966. The lowest BCUT2D eigenvalue weighted by Crippen LogP contribution is -2.55. The van der Waals surface area contributed by atoms with Gasteiger partial charge >= 0.3 is 0 Å². The monoisotopic (exact) mass is 207 g/mol. The number of aliphatic hydroxyl groups excluding tert-OH is 1. The Hall–Kier alpha value is -0.900. The Kier molecular flexibility index (Phi) is 3.05. The van der Waals surface area contributed by atoms with Crippen molar-refractivity contribution in [2.75, 3.05) is 13.1 Å². The number of hydrogen-bond donors (Lipinski definition) is 3. The predicted molar refractivity (Wildman–Crippen MR) is 58.6 cm³/mol. The fourth-order valence-corrected chi connectivity index (χ4v) is 2.06. The Balaban J connectivity index is 2.09. The minimum absolute atomic E-state index is 0.476. The molecule has 1 aromatic carbocycles. The van der Waals surface area contributed by atoms with Crippen LogP contribution in [0.25, 0.3) is 0 Å². The molecular weight excluding hydrogens is 190 g/mol. The number of aliphatic hydroxyl groups is 2. The van der Waals surface area contributed by atoms with Gasteiger partial charge in [0.05, 0.1) is 11.7 Å². The smallest absolute Gasteiger partial charge is 0.0970 e. The van der Waals surface area contributed by atoms with E-state index < -0.39 is 11.7 Å². The van der Waals surface area contributed by atoms with E-state index in [1.165, 1.54) is 0 Å². The molecule has 0 saturated carbocycles. The van der Waals surface area contributed by atoms with Crippen molar-refractivity contribution in [2.24, 2.45) is 0 Å². The third-order valence-corrected chi connectivity index (χ3v) is 3.05. The van der Waals surface area contributed by atoms with Gasteiger partial charge in [-0.05, 0) is 18.5 Å². The molecule has 1 aliphatic heterocycles. The fourth-order valence-electron chi connectivity index (χ4n) is 2.06. The second-order valence-corrected chi connectivity index (χ2v) is 4.24. The van der Waals surface area contributed by atoms with Gasteiger partial charge in [-0.2, -0.15) is 0 Å². The van der Waals surface area contributed by atoms with Gasteiger partial charge in [0.25, 0.3) is 0 Å². The highest BCUT2D eigenvalue weighted by Crippen LogP contribution is 2.23. The lowest BCUT2D eigenvalue weighted by Gasteiger charge is -2.37. The van der Waals surface area contributed by atoms with Crippen LogP contribution in [-0.4, -0.2) is 35.0 Å². The number of benzene rings is 1. The summed E-state index contributed by atoms with van der Waals surface area (Å²) in [6.45, 7) is 1.24. The van der Waals surface area contributed by atoms with Gasteiger partial charge in [-0.15, -0.1) is 0 Å². The summed E-state index contributed by atoms with van der Waals surface area (Å²) in [5.41, 5.74) is 0.105. The number of nitrogens with one attached hydrogen (secondary N) is 1. The first-order valence-corrected chi connectivity index (χ1v) is 5.36. The van der Waals surface area contributed by atoms with Gasteiger partial charge in [0.2, 0.25) is 0 Å². The summed E-state index contributed by atoms with van der Waals surface area (Å²) in [5.74, 6) is 0. The van der Waals surface area contributed by atoms with Crippen molar-refractivity contribution in [3.63, 3.8) is 0 Å². The highest BCUT2D eigenvalue weighted by molar-refractivity contribution is 5.18. The molecule has 0 radical (unpaired) electrons. The van der Waals surface area contributed by atoms with Crippen LogP contribution in [0.15, 0.2) is 30.3 Å². The highest BCUT2D eigenvalue weighted by atomic mass is 16.3. The first kappa shape index (κ1) is 10.6. The molecule has 3 heteroatoms. The van der Waals surface area contributed by atoms with E-state index >= 15 is 0 Å². The molecule has 3 N–H and O–H groups in total. The van der Waals surface area contributed by atoms with Crippen molar-refractivity contribution >= 4 is 0 Å². The van der Waals surface area contributed by atoms with E-state index in [4.69, 9.17) is 0 Å². The first-order chi connectivity index (χ1) is 7.21. The van der Waals surface area contributed by atoms with E-state index in [1.54, 1.807) is 0 Å². The fraction of sp³-hybridized carbons (Fsp3) is 0.500. The minimum Gasteiger partial charge on any atom is -0.389 e. The third-order valence-electron chi connectivity index (χ3n) is 3.05. The topological polar surface area (TPSA) is 52.5 Å². The zero-order chi connectivity index (χ0) is 10.7. The molecule has 2 atom stereocenters. The number of β-amino-alcohol motifs (C(OH)–C–C–N with tert-alkyl or cyclic N) is 1. The molecule has 2 unspecified atom stereocenters. The Morgan fingerprint density at radius 2 is 2.07 bits per heavy atom. The van der Waals surface area contributed by atoms with Crippen molar-refractivity contribution < 1.29 is 10.2 Å². The van der Waals surface area contributed by atoms with Gasteiger partial charge in [-0.1, -0.05) is 30.3 Å². The van der Waals surface area contributed by atoms with Crippen LogP contribution in [0.1, 0.15) is 12.0 Å². The van der Waals surface area contributed by atoms with E-state index in [0.717, 1.165) is 12.1 Å². The second-order valence-electron chi connectivity index (χ2n) is 4.24. The molecule has 3 nitrogen and oxygen atoms in total. The zero-order valence-corrected chi connectivity index (χ0v) is 8.69. The highest BCUT2D eigenvalue weighted by Gasteiger charge is 2.37. The van der Waals surface area contributed by atoms with E-state index in [-0.39, 0.29) is 0 Å². The van der Waals surface area contributed by atoms with E-state index in [2.05, 4.69) is 5.32 Å². The average Bonchev–Trinajstić information content (AvgIpc) is 2.24. The van der Waals surface area contributed by atoms with Crippen LogP contribution in [0.5, 0.6) is 0 Å². The maximum Gasteiger partial charge on any atom is 0.0970 e. The zero-order valence-electron chi connectivity index (χ0n) is 8.69. The van der Waals surface area contributed by atoms with E-state index in [1.807, 2.05) is 30.3 Å². The summed E-state index contributed by atoms with van der Waals surface area (Å²) in [6.07, 6.45) is 0.450. The normalized spacial score (nSPS) is 31.5. The van der Waals surface area contributed by atoms with Crippen molar-refractivity contribution in [2.45, 2.75) is 24.5 Å². The van der Waals surface area contributed by atoms with Crippen LogP contribution >= 0.6 is 0 Å². The number of rotatable bonds is 2. The van der Waals surface area contributed by atoms with E-state index in [9.17, 15) is 10.2 Å². The van der Waals surface area contributed by atoms with Crippen molar-refractivity contribution in [3.8, 4) is 0 Å². The number of piperidine rings is 1. The van der Waals surface area contributed by atoms with Crippen LogP contribution in [0.4, 0.5) is 0 Å². The molecule has 0 aromatic heterocycles. The van der Waals surface area contributed by atoms with Crippen molar-refractivity contribution in [1.82, 2.24) is 5.32 Å². The van der Waals surface area contributed by atoms with Crippen LogP contribution in [-0.2, 0) is 6.42 Å². The Labute approximate surface area is 89.8 Å². The molecule has 0 spiro atoms. The lowest BCUT2D eigenvalue weighted by molar-refractivity contribution is -0.0911. The maximum absolute atomic E-state index is 10.3. The quantitative estimate of drug-likeness (QED) is 0.654. The average molecular weight is 207 g/mol. The first-order valence-electron chi connectivity index (χ1n) is 5.36. The molecule has 1 fully saturated rings. The molecule has 1 aromatic rings. The molecule has 1 aliphatic rings. The predicted octanol–water partition coefficient (Wildman–Crippen LogP) is 0.314. The number of hydrogen-bond acceptors (Lipinski definition) is 3. The van der Waals surface area contributed by atoms with Crippen LogP contribution in [0.2, 0.25) is 0 Å². The van der Waals surface area contributed by atoms with Gasteiger partial charge in [0.1, 0.15) is 0 Å². The van der Waals surface area contributed by atoms with Gasteiger partial charge in [-0.3, -0.25) is 0 Å². The summed E-state index contributed by atoms with van der Waals surface area (Å²) in [4.78, 5) is 0. The summed E-state index contributed by atoms with van der Waals surface area (Å²) >= 11 is 0. The second kappa shape index (κ2) is 4.31. The third kappa shape index (κ3) is 2.37. The molecule has 1 saturated heterocycles. The maximum atomic E-state index is 10.3. The SMILES string of the molecule is OC1CNCCC1(O)Cc1ccccc1. The van der Waals surface area contributed by atoms with Gasteiger partial charge < -0.3 is 15.5 Å². The lowest BCUT2D eigenvalue weighted by atomic mass is 9.84. The van der Waals surface area contributed by atoms with E-state index in [0.29, 0.717) is 19.4 Å². The largest absolute Gasteiger partial charge is 0.389 e. The van der Waals surface area contributed by atoms with Crippen molar-refractivity contribution in [1.29, 1.82) is 0 Å². The molecule has 0 aliphatic carbocycles. The van der Waals surface area contributed by atoms with Gasteiger partial charge in [0, 0.05) is 13.0 Å². The van der Waals surface area contributed by atoms with Crippen LogP contribution in [0, 0.1) is 0 Å². The van der Waals surface area contributed by atoms with Crippen LogP contribution in [0.3, 0.4) is 0 Å². The molecule has 1 heterocycles. The standard InChI is InChI=1S/C12H17NO2/c14-11-9-13-7-6-12(11,15)8-10-4-2-1-3-5-10/h1-5,11,13-15H,6-9H2. The Bertz CT molecular complexity index is 315. The van der Waals surface area contributed by atoms with Gasteiger partial charge in [0.15, 0.2) is 0 Å². The molecule has 82 valence electrons. The Morgan fingerprint density at radius 3 is 2.73 bits per heavy atom. The molecule has 0 amide bonds. The molecule has 0 bridgehead atoms. The molecular formula is C12H17NO2. The molecule has 15 heavy (non-hydrogen) atoms. The van der Waals surface area contributed by atoms with Gasteiger partial charge in [-0.25, -0.2) is 0 Å². The van der Waals surface area contributed by atoms with Crippen LogP contribution < -0.4 is 5.32 Å². The summed E-state index contributed by atoms with van der Waals surface area (Å²) in [7, 11) is 0. The summed E-state index contributed by atoms with van der Waals surface area (Å²) < 4.78 is 0.